The van der Waals surface area contributed by atoms with Crippen LogP contribution < -0.4 is 4.90 Å². The molecule has 0 bridgehead atoms. The van der Waals surface area contributed by atoms with Crippen molar-refractivity contribution in [2.75, 3.05) is 11.9 Å². The Morgan fingerprint density at radius 2 is 1.89 bits per heavy atom. The second-order valence-corrected chi connectivity index (χ2v) is 5.61. The number of aryl methyl sites for hydroxylation is 1. The van der Waals surface area contributed by atoms with Crippen molar-refractivity contribution in [3.05, 3.63) is 23.3 Å². The van der Waals surface area contributed by atoms with Gasteiger partial charge in [0.05, 0.1) is 5.69 Å². The molecule has 1 aromatic rings. The van der Waals surface area contributed by atoms with Crippen molar-refractivity contribution < 1.29 is 9.90 Å². The smallest absolute Gasteiger partial charge is 0.230 e. The number of aromatic hydroxyl groups is 1. The molecule has 0 spiro atoms. The zero-order valence-corrected chi connectivity index (χ0v) is 10.9. The van der Waals surface area contributed by atoms with Crippen LogP contribution in [0.15, 0.2) is 12.1 Å². The first kappa shape index (κ1) is 11.6. The predicted octanol–water partition coefficient (Wildman–Crippen LogP) is 2.95. The van der Waals surface area contributed by atoms with E-state index < -0.39 is 0 Å². The van der Waals surface area contributed by atoms with Gasteiger partial charge in [0.15, 0.2) is 0 Å². The third kappa shape index (κ3) is 1.53. The summed E-state index contributed by atoms with van der Waals surface area (Å²) >= 11 is 0. The fourth-order valence-electron chi connectivity index (χ4n) is 3.56. The van der Waals surface area contributed by atoms with E-state index in [1.165, 1.54) is 0 Å². The molecule has 1 N–H and O–H groups in total. The Hall–Kier alpha value is -1.51. The highest BCUT2D eigenvalue weighted by Crippen LogP contribution is 2.49. The van der Waals surface area contributed by atoms with Crippen molar-refractivity contribution in [2.45, 2.75) is 38.5 Å². The highest BCUT2D eigenvalue weighted by molar-refractivity contribution is 5.99. The Bertz CT molecular complexity index is 509. The number of anilines is 1. The number of hydrogen-bond donors (Lipinski definition) is 1. The van der Waals surface area contributed by atoms with Crippen LogP contribution in [0.2, 0.25) is 0 Å². The summed E-state index contributed by atoms with van der Waals surface area (Å²) in [4.78, 5) is 14.1. The molecule has 1 heterocycles. The van der Waals surface area contributed by atoms with Crippen LogP contribution in [-0.2, 0) is 4.79 Å². The standard InChI is InChI=1S/C15H19NO2/c1-9-7-12-14(13(17)8-9)10-5-3-4-6-11(10)15(18)16(12)2/h7-8,10-11,17H,3-6H2,1-2H3. The van der Waals surface area contributed by atoms with E-state index in [4.69, 9.17) is 0 Å². The first-order valence-electron chi connectivity index (χ1n) is 6.70. The molecule has 96 valence electrons. The third-order valence-electron chi connectivity index (χ3n) is 4.43. The molecule has 0 radical (unpaired) electrons. The highest BCUT2D eigenvalue weighted by atomic mass is 16.3. The molecule has 2 atom stereocenters. The van der Waals surface area contributed by atoms with Crippen molar-refractivity contribution in [1.29, 1.82) is 0 Å². The molecule has 0 aromatic heterocycles. The summed E-state index contributed by atoms with van der Waals surface area (Å²) in [5.74, 6) is 0.876. The lowest BCUT2D eigenvalue weighted by atomic mass is 9.71. The molecule has 2 aliphatic rings. The van der Waals surface area contributed by atoms with Crippen LogP contribution in [-0.4, -0.2) is 18.1 Å². The van der Waals surface area contributed by atoms with Crippen LogP contribution in [0.25, 0.3) is 0 Å². The number of amides is 1. The third-order valence-corrected chi connectivity index (χ3v) is 4.43. The molecular weight excluding hydrogens is 226 g/mol. The molecular formula is C15H19NO2. The summed E-state index contributed by atoms with van der Waals surface area (Å²) in [6.07, 6.45) is 4.27. The van der Waals surface area contributed by atoms with E-state index in [0.29, 0.717) is 5.75 Å². The predicted molar refractivity (Wildman–Crippen MR) is 71.0 cm³/mol. The topological polar surface area (TPSA) is 40.5 Å². The van der Waals surface area contributed by atoms with Gasteiger partial charge in [-0.25, -0.2) is 0 Å². The second-order valence-electron chi connectivity index (χ2n) is 5.61. The molecule has 1 amide bonds. The van der Waals surface area contributed by atoms with E-state index in [1.54, 1.807) is 4.90 Å². The zero-order valence-electron chi connectivity index (χ0n) is 10.9. The van der Waals surface area contributed by atoms with Gasteiger partial charge < -0.3 is 10.0 Å². The molecule has 1 saturated carbocycles. The molecule has 1 aliphatic carbocycles. The minimum Gasteiger partial charge on any atom is -0.508 e. The van der Waals surface area contributed by atoms with Gasteiger partial charge in [-0.05, 0) is 37.5 Å². The maximum Gasteiger partial charge on any atom is 0.230 e. The van der Waals surface area contributed by atoms with Crippen LogP contribution in [0.1, 0.15) is 42.7 Å². The summed E-state index contributed by atoms with van der Waals surface area (Å²) in [7, 11) is 1.82. The monoisotopic (exact) mass is 245 g/mol. The number of benzene rings is 1. The Balaban J connectivity index is 2.18. The van der Waals surface area contributed by atoms with Gasteiger partial charge in [-0.1, -0.05) is 12.8 Å². The van der Waals surface area contributed by atoms with Crippen LogP contribution in [0.5, 0.6) is 5.75 Å². The molecule has 18 heavy (non-hydrogen) atoms. The van der Waals surface area contributed by atoms with Crippen LogP contribution in [0.3, 0.4) is 0 Å². The molecule has 3 heteroatoms. The Morgan fingerprint density at radius 3 is 2.61 bits per heavy atom. The van der Waals surface area contributed by atoms with E-state index in [9.17, 15) is 9.90 Å². The molecule has 3 nitrogen and oxygen atoms in total. The van der Waals surface area contributed by atoms with Crippen LogP contribution in [0, 0.1) is 12.8 Å². The van der Waals surface area contributed by atoms with E-state index in [-0.39, 0.29) is 17.7 Å². The first-order chi connectivity index (χ1) is 8.59. The highest BCUT2D eigenvalue weighted by Gasteiger charge is 2.41. The summed E-state index contributed by atoms with van der Waals surface area (Å²) in [5.41, 5.74) is 2.90. The van der Waals surface area contributed by atoms with E-state index in [1.807, 2.05) is 26.1 Å². The van der Waals surface area contributed by atoms with Crippen molar-refractivity contribution in [3.8, 4) is 5.75 Å². The molecule has 0 saturated heterocycles. The lowest BCUT2D eigenvalue weighted by Crippen LogP contribution is -2.42. The summed E-state index contributed by atoms with van der Waals surface area (Å²) < 4.78 is 0. The van der Waals surface area contributed by atoms with E-state index in [2.05, 4.69) is 0 Å². The van der Waals surface area contributed by atoms with Gasteiger partial charge in [0.25, 0.3) is 0 Å². The lowest BCUT2D eigenvalue weighted by molar-refractivity contribution is -0.124. The number of phenolic OH excluding ortho intramolecular Hbond substituents is 1. The van der Waals surface area contributed by atoms with Gasteiger partial charge in [0.1, 0.15) is 5.75 Å². The maximum absolute atomic E-state index is 12.4. The van der Waals surface area contributed by atoms with Crippen molar-refractivity contribution in [2.24, 2.45) is 5.92 Å². The fraction of sp³-hybridized carbons (Fsp3) is 0.533. The van der Waals surface area contributed by atoms with Crippen LogP contribution >= 0.6 is 0 Å². The number of carbonyl (C=O) groups excluding carboxylic acids is 1. The van der Waals surface area contributed by atoms with Gasteiger partial charge in [0, 0.05) is 24.4 Å². The number of fused-ring (bicyclic) bond motifs is 3. The lowest BCUT2D eigenvalue weighted by Gasteiger charge is -2.40. The van der Waals surface area contributed by atoms with Crippen molar-refractivity contribution >= 4 is 11.6 Å². The average molecular weight is 245 g/mol. The first-order valence-corrected chi connectivity index (χ1v) is 6.70. The quantitative estimate of drug-likeness (QED) is 0.763. The Labute approximate surface area is 107 Å². The number of hydrogen-bond acceptors (Lipinski definition) is 2. The maximum atomic E-state index is 12.4. The largest absolute Gasteiger partial charge is 0.508 e. The molecule has 1 fully saturated rings. The van der Waals surface area contributed by atoms with E-state index in [0.717, 1.165) is 42.5 Å². The number of phenols is 1. The number of rotatable bonds is 0. The van der Waals surface area contributed by atoms with Gasteiger partial charge in [-0.2, -0.15) is 0 Å². The second kappa shape index (κ2) is 4.01. The fourth-order valence-corrected chi connectivity index (χ4v) is 3.56. The van der Waals surface area contributed by atoms with Gasteiger partial charge in [-0.3, -0.25) is 4.79 Å². The van der Waals surface area contributed by atoms with Gasteiger partial charge in [-0.15, -0.1) is 0 Å². The molecule has 1 aromatic carbocycles. The van der Waals surface area contributed by atoms with Crippen LogP contribution in [0.4, 0.5) is 5.69 Å². The minimum atomic E-state index is 0.0739. The number of carbonyl (C=O) groups is 1. The van der Waals surface area contributed by atoms with Gasteiger partial charge >= 0.3 is 0 Å². The average Bonchev–Trinajstić information content (AvgIpc) is 2.35. The summed E-state index contributed by atoms with van der Waals surface area (Å²) in [6, 6.07) is 3.83. The minimum absolute atomic E-state index is 0.0739. The van der Waals surface area contributed by atoms with E-state index >= 15 is 0 Å². The molecule has 3 rings (SSSR count). The Kier molecular flexibility index (Phi) is 2.58. The summed E-state index contributed by atoms with van der Waals surface area (Å²) in [6.45, 7) is 1.95. The molecule has 1 aliphatic heterocycles. The summed E-state index contributed by atoms with van der Waals surface area (Å²) in [5, 5.41) is 10.2. The normalized spacial score (nSPS) is 26.8. The van der Waals surface area contributed by atoms with Crippen molar-refractivity contribution in [3.63, 3.8) is 0 Å². The SMILES string of the molecule is Cc1cc(O)c2c(c1)N(C)C(=O)C1CCCCC21. The van der Waals surface area contributed by atoms with Gasteiger partial charge in [0.2, 0.25) is 5.91 Å². The zero-order chi connectivity index (χ0) is 12.9. The Morgan fingerprint density at radius 1 is 1.22 bits per heavy atom. The molecule has 2 unspecified atom stereocenters. The number of nitrogens with zero attached hydrogens (tertiary/aromatic N) is 1. The van der Waals surface area contributed by atoms with Crippen molar-refractivity contribution in [1.82, 2.24) is 0 Å².